The van der Waals surface area contributed by atoms with Gasteiger partial charge < -0.3 is 29.1 Å². The van der Waals surface area contributed by atoms with E-state index in [9.17, 15) is 34.1 Å². The zero-order chi connectivity index (χ0) is 43.2. The van der Waals surface area contributed by atoms with Gasteiger partial charge in [0.1, 0.15) is 19.0 Å². The topological polar surface area (TPSA) is 212 Å². The number of carbonyl (C=O) groups excluding carboxylic acids is 5. The first kappa shape index (κ1) is 40.3. The Morgan fingerprint density at radius 1 is 0.613 bits per heavy atom. The van der Waals surface area contributed by atoms with Gasteiger partial charge in [-0.25, -0.2) is 24.3 Å². The maximum atomic E-state index is 14.3. The molecular formula is C45H32N6O11. The number of amides is 2. The van der Waals surface area contributed by atoms with E-state index < -0.39 is 77.6 Å². The maximum Gasteiger partial charge on any atom is 0.473 e. The smallest absolute Gasteiger partial charge is 0.459 e. The molecule has 2 amide bonds. The standard InChI is InChI=1S/C45H32N6O11/c52-39(28-16-6-1-7-17-28)50(40(53)29-18-8-2-9-19-29)38-34-37(47-45(48-38)51(57)58)49(27-46-34)41-36(62-44(56)32-24-14-5-15-25-32)35(61-43(55)31-22-12-4-13-23-31)33(60-41)26-59-42(54)30-20-10-3-11-21-30/h1-25,27,33,35-36,41H,26H2/t33-,35-,36+,41-/m1/s1. The molecule has 0 radical (unpaired) electrons. The minimum Gasteiger partial charge on any atom is -0.459 e. The van der Waals surface area contributed by atoms with Crippen LogP contribution in [-0.2, 0) is 18.9 Å². The van der Waals surface area contributed by atoms with Crippen LogP contribution < -0.4 is 4.90 Å². The summed E-state index contributed by atoms with van der Waals surface area (Å²) in [5.41, 5.74) is -0.0436. The Kier molecular flexibility index (Phi) is 11.6. The number of hydrogen-bond acceptors (Lipinski definition) is 14. The highest BCUT2D eigenvalue weighted by atomic mass is 16.7. The summed E-state index contributed by atoms with van der Waals surface area (Å²) in [7, 11) is 0. The molecule has 17 heteroatoms. The minimum atomic E-state index is -1.57. The lowest BCUT2D eigenvalue weighted by molar-refractivity contribution is -0.394. The summed E-state index contributed by atoms with van der Waals surface area (Å²) in [6, 6.07) is 39.4. The molecule has 0 bridgehead atoms. The van der Waals surface area contributed by atoms with Crippen LogP contribution in [0.1, 0.15) is 58.0 Å². The van der Waals surface area contributed by atoms with Crippen molar-refractivity contribution in [2.75, 3.05) is 11.5 Å². The summed E-state index contributed by atoms with van der Waals surface area (Å²) in [5, 5.41) is 12.5. The first-order valence-corrected chi connectivity index (χ1v) is 19.0. The largest absolute Gasteiger partial charge is 0.473 e. The van der Waals surface area contributed by atoms with E-state index in [1.165, 1.54) is 60.7 Å². The molecule has 1 aliphatic heterocycles. The number of hydrogen-bond donors (Lipinski definition) is 0. The van der Waals surface area contributed by atoms with Gasteiger partial charge in [-0.3, -0.25) is 14.2 Å². The van der Waals surface area contributed by atoms with Crippen molar-refractivity contribution in [3.8, 4) is 0 Å². The molecule has 7 aromatic rings. The number of nitro groups is 1. The quantitative estimate of drug-likeness (QED) is 0.0427. The maximum absolute atomic E-state index is 14.3. The molecule has 3 heterocycles. The molecule has 0 aliphatic carbocycles. The molecule has 62 heavy (non-hydrogen) atoms. The van der Waals surface area contributed by atoms with Gasteiger partial charge in [-0.1, -0.05) is 91.0 Å². The van der Waals surface area contributed by atoms with Gasteiger partial charge in [0.05, 0.1) is 16.7 Å². The van der Waals surface area contributed by atoms with E-state index >= 15 is 0 Å². The van der Waals surface area contributed by atoms with Crippen LogP contribution in [0.3, 0.4) is 0 Å². The Balaban J connectivity index is 1.27. The number of imide groups is 1. The fraction of sp³-hybridized carbons (Fsp3) is 0.111. The van der Waals surface area contributed by atoms with E-state index in [2.05, 4.69) is 15.0 Å². The molecule has 4 atom stereocenters. The molecule has 5 aromatic carbocycles. The molecule has 1 fully saturated rings. The molecule has 0 N–H and O–H groups in total. The molecule has 17 nitrogen and oxygen atoms in total. The van der Waals surface area contributed by atoms with Gasteiger partial charge >= 0.3 is 23.9 Å². The monoisotopic (exact) mass is 832 g/mol. The lowest BCUT2D eigenvalue weighted by Crippen LogP contribution is -2.41. The predicted molar refractivity (Wildman–Crippen MR) is 218 cm³/mol. The number of rotatable bonds is 12. The highest BCUT2D eigenvalue weighted by Gasteiger charge is 2.52. The zero-order valence-corrected chi connectivity index (χ0v) is 32.2. The number of imidazole rings is 1. The third-order valence-electron chi connectivity index (χ3n) is 9.67. The van der Waals surface area contributed by atoms with Crippen LogP contribution in [-0.4, -0.2) is 79.1 Å². The molecule has 0 spiro atoms. The second-order valence-electron chi connectivity index (χ2n) is 13.6. The van der Waals surface area contributed by atoms with Crippen LogP contribution in [0.25, 0.3) is 11.2 Å². The third kappa shape index (κ3) is 8.36. The lowest BCUT2D eigenvalue weighted by atomic mass is 10.1. The molecule has 1 saturated heterocycles. The molecule has 0 saturated carbocycles. The van der Waals surface area contributed by atoms with E-state index in [0.29, 0.717) is 4.90 Å². The second-order valence-corrected chi connectivity index (χ2v) is 13.6. The van der Waals surface area contributed by atoms with E-state index in [-0.39, 0.29) is 39.0 Å². The van der Waals surface area contributed by atoms with Crippen LogP contribution >= 0.6 is 0 Å². The van der Waals surface area contributed by atoms with Crippen molar-refractivity contribution in [2.24, 2.45) is 0 Å². The van der Waals surface area contributed by atoms with Crippen LogP contribution in [0.5, 0.6) is 0 Å². The summed E-state index contributed by atoms with van der Waals surface area (Å²) in [5.74, 6) is -5.80. The molecule has 308 valence electrons. The number of esters is 3. The summed E-state index contributed by atoms with van der Waals surface area (Å²) in [6.45, 7) is -0.533. The average Bonchev–Trinajstić information content (AvgIpc) is 3.90. The first-order valence-electron chi connectivity index (χ1n) is 19.0. The Labute approximate surface area is 351 Å². The Morgan fingerprint density at radius 3 is 1.52 bits per heavy atom. The van der Waals surface area contributed by atoms with Crippen molar-refractivity contribution in [2.45, 2.75) is 24.5 Å². The first-order chi connectivity index (χ1) is 30.2. The molecule has 2 aromatic heterocycles. The summed E-state index contributed by atoms with van der Waals surface area (Å²) in [4.78, 5) is 94.1. The normalized spacial score (nSPS) is 16.8. The fourth-order valence-electron chi connectivity index (χ4n) is 6.70. The number of ether oxygens (including phenoxy) is 4. The number of aromatic nitrogens is 4. The average molecular weight is 833 g/mol. The van der Waals surface area contributed by atoms with Gasteiger partial charge in [0, 0.05) is 11.1 Å². The predicted octanol–water partition coefficient (Wildman–Crippen LogP) is 6.43. The fourth-order valence-corrected chi connectivity index (χ4v) is 6.70. The molecule has 1 aliphatic rings. The molecule has 8 rings (SSSR count). The Morgan fingerprint density at radius 2 is 1.05 bits per heavy atom. The van der Waals surface area contributed by atoms with Crippen molar-refractivity contribution in [3.63, 3.8) is 0 Å². The highest BCUT2D eigenvalue weighted by Crippen LogP contribution is 2.38. The number of anilines is 1. The van der Waals surface area contributed by atoms with Gasteiger partial charge in [0.2, 0.25) is 5.65 Å². The van der Waals surface area contributed by atoms with E-state index in [1.54, 1.807) is 91.0 Å². The van der Waals surface area contributed by atoms with Gasteiger partial charge in [-0.15, -0.1) is 0 Å². The Hall–Kier alpha value is -8.44. The van der Waals surface area contributed by atoms with Crippen LogP contribution in [0.15, 0.2) is 158 Å². The lowest BCUT2D eigenvalue weighted by Gasteiger charge is -2.24. The van der Waals surface area contributed by atoms with Crippen molar-refractivity contribution in [3.05, 3.63) is 196 Å². The summed E-state index contributed by atoms with van der Waals surface area (Å²) < 4.78 is 25.3. The van der Waals surface area contributed by atoms with Crippen LogP contribution in [0, 0.1) is 10.1 Å². The van der Waals surface area contributed by atoms with E-state index in [0.717, 1.165) is 10.9 Å². The summed E-state index contributed by atoms with van der Waals surface area (Å²) in [6.07, 6.45) is -4.81. The van der Waals surface area contributed by atoms with Gasteiger partial charge in [-0.05, 0) is 75.6 Å². The van der Waals surface area contributed by atoms with Crippen molar-refractivity contribution < 1.29 is 47.8 Å². The minimum absolute atomic E-state index is 0.0496. The van der Waals surface area contributed by atoms with Crippen LogP contribution in [0.4, 0.5) is 11.8 Å². The summed E-state index contributed by atoms with van der Waals surface area (Å²) >= 11 is 0. The SMILES string of the molecule is O=C(OC[C@H]1O[C@@H](n2cnc3c(N(C(=O)c4ccccc4)C(=O)c4ccccc4)nc([N+](=O)[O-])nc32)[C@@H](OC(=O)c2ccccc2)[C@@H]1OC(=O)c1ccccc1)c1ccccc1. The van der Waals surface area contributed by atoms with Crippen molar-refractivity contribution in [1.82, 2.24) is 19.5 Å². The number of nitrogens with zero attached hydrogens (tertiary/aromatic N) is 6. The number of benzene rings is 5. The van der Waals surface area contributed by atoms with Gasteiger partial charge in [0.15, 0.2) is 24.0 Å². The second kappa shape index (κ2) is 17.8. The Bertz CT molecular complexity index is 2720. The van der Waals surface area contributed by atoms with Crippen molar-refractivity contribution >= 4 is 52.7 Å². The van der Waals surface area contributed by atoms with Crippen LogP contribution in [0.2, 0.25) is 0 Å². The number of carbonyl (C=O) groups is 5. The molecule has 0 unspecified atom stereocenters. The number of fused-ring (bicyclic) bond motifs is 1. The molecular weight excluding hydrogens is 801 g/mol. The van der Waals surface area contributed by atoms with Gasteiger partial charge in [0.25, 0.3) is 17.6 Å². The van der Waals surface area contributed by atoms with E-state index in [4.69, 9.17) is 18.9 Å². The van der Waals surface area contributed by atoms with Crippen molar-refractivity contribution in [1.29, 1.82) is 0 Å². The van der Waals surface area contributed by atoms with E-state index in [1.807, 2.05) is 0 Å². The zero-order valence-electron chi connectivity index (χ0n) is 32.2. The third-order valence-corrected chi connectivity index (χ3v) is 9.67. The van der Waals surface area contributed by atoms with Gasteiger partial charge in [-0.2, -0.15) is 0 Å². The highest BCUT2D eigenvalue weighted by molar-refractivity contribution is 6.27.